The summed E-state index contributed by atoms with van der Waals surface area (Å²) in [6.45, 7) is -0.566. The molecule has 3 aromatic rings. The summed E-state index contributed by atoms with van der Waals surface area (Å²) in [5.74, 6) is -1.45. The van der Waals surface area contributed by atoms with Crippen LogP contribution in [-0.2, 0) is 9.53 Å². The third-order valence-corrected chi connectivity index (χ3v) is 3.71. The van der Waals surface area contributed by atoms with Gasteiger partial charge in [0, 0.05) is 17.5 Å². The van der Waals surface area contributed by atoms with Crippen molar-refractivity contribution in [3.63, 3.8) is 0 Å². The number of nitrogens with zero attached hydrogens (tertiary/aromatic N) is 1. The van der Waals surface area contributed by atoms with Crippen molar-refractivity contribution in [1.29, 1.82) is 0 Å². The molecule has 0 spiro atoms. The third kappa shape index (κ3) is 3.81. The minimum absolute atomic E-state index is 0.00355. The first kappa shape index (κ1) is 17.4. The molecule has 132 valence electrons. The van der Waals surface area contributed by atoms with Gasteiger partial charge in [-0.3, -0.25) is 14.9 Å². The van der Waals surface area contributed by atoms with Crippen LogP contribution in [0.1, 0.15) is 10.6 Å². The zero-order valence-corrected chi connectivity index (χ0v) is 13.9. The number of para-hydroxylation sites is 1. The van der Waals surface area contributed by atoms with Crippen LogP contribution in [0.25, 0.3) is 11.0 Å². The van der Waals surface area contributed by atoms with Crippen LogP contribution < -0.4 is 5.32 Å². The van der Waals surface area contributed by atoms with Gasteiger partial charge in [0.2, 0.25) is 5.76 Å². The summed E-state index contributed by atoms with van der Waals surface area (Å²) in [6.07, 6.45) is 0. The van der Waals surface area contributed by atoms with Gasteiger partial charge in [-0.25, -0.2) is 4.79 Å². The van der Waals surface area contributed by atoms with E-state index in [1.807, 2.05) is 0 Å². The summed E-state index contributed by atoms with van der Waals surface area (Å²) in [6, 6.07) is 12.2. The molecule has 0 fully saturated rings. The molecular formula is C17H11ClN2O6. The van der Waals surface area contributed by atoms with Gasteiger partial charge in [0.25, 0.3) is 11.6 Å². The van der Waals surface area contributed by atoms with Crippen molar-refractivity contribution in [2.75, 3.05) is 11.9 Å². The fourth-order valence-corrected chi connectivity index (χ4v) is 2.41. The first-order valence-electron chi connectivity index (χ1n) is 7.33. The molecule has 1 amide bonds. The van der Waals surface area contributed by atoms with Crippen molar-refractivity contribution < 1.29 is 23.7 Å². The van der Waals surface area contributed by atoms with Crippen molar-refractivity contribution in [3.8, 4) is 0 Å². The molecule has 1 heterocycles. The summed E-state index contributed by atoms with van der Waals surface area (Å²) in [5, 5.41) is 13.8. The Balaban J connectivity index is 1.60. The first-order valence-corrected chi connectivity index (χ1v) is 7.71. The van der Waals surface area contributed by atoms with Crippen LogP contribution in [0, 0.1) is 10.1 Å². The van der Waals surface area contributed by atoms with Crippen molar-refractivity contribution in [2.45, 2.75) is 0 Å². The van der Waals surface area contributed by atoms with E-state index in [2.05, 4.69) is 5.32 Å². The van der Waals surface area contributed by atoms with E-state index < -0.39 is 23.4 Å². The number of carbonyl (C=O) groups is 2. The molecule has 0 unspecified atom stereocenters. The zero-order chi connectivity index (χ0) is 18.7. The standard InChI is InChI=1S/C17H11ClN2O6/c18-12-8-11(20(23)24)5-6-13(12)19-16(21)9-25-17(22)15-7-10-3-1-2-4-14(10)26-15/h1-8H,9H2,(H,19,21). The largest absolute Gasteiger partial charge is 0.450 e. The summed E-state index contributed by atoms with van der Waals surface area (Å²) in [5.41, 5.74) is 0.493. The Morgan fingerprint density at radius 3 is 2.65 bits per heavy atom. The Kier molecular flexibility index (Phi) is 4.85. The summed E-state index contributed by atoms with van der Waals surface area (Å²) in [7, 11) is 0. The lowest BCUT2D eigenvalue weighted by Gasteiger charge is -2.07. The van der Waals surface area contributed by atoms with Gasteiger partial charge < -0.3 is 14.5 Å². The SMILES string of the molecule is O=C(COC(=O)c1cc2ccccc2o1)Nc1ccc([N+](=O)[O-])cc1Cl. The number of carbonyl (C=O) groups excluding carboxylic acids is 2. The Labute approximate surface area is 151 Å². The van der Waals surface area contributed by atoms with Gasteiger partial charge >= 0.3 is 5.97 Å². The molecule has 9 heteroatoms. The van der Waals surface area contributed by atoms with Crippen LogP contribution in [0.15, 0.2) is 52.9 Å². The predicted molar refractivity (Wildman–Crippen MR) is 93.2 cm³/mol. The number of nitro benzene ring substituents is 1. The highest BCUT2D eigenvalue weighted by Gasteiger charge is 2.16. The van der Waals surface area contributed by atoms with Crippen LogP contribution in [0.5, 0.6) is 0 Å². The van der Waals surface area contributed by atoms with E-state index in [-0.39, 0.29) is 22.2 Å². The molecule has 0 bridgehead atoms. The van der Waals surface area contributed by atoms with E-state index in [0.29, 0.717) is 5.58 Å². The summed E-state index contributed by atoms with van der Waals surface area (Å²) >= 11 is 5.88. The van der Waals surface area contributed by atoms with Gasteiger partial charge in [-0.05, 0) is 18.2 Å². The molecule has 1 N–H and O–H groups in total. The van der Waals surface area contributed by atoms with Crippen LogP contribution >= 0.6 is 11.6 Å². The van der Waals surface area contributed by atoms with Gasteiger partial charge in [0.05, 0.1) is 15.6 Å². The van der Waals surface area contributed by atoms with E-state index in [1.165, 1.54) is 18.2 Å². The fourth-order valence-electron chi connectivity index (χ4n) is 2.19. The Hall–Kier alpha value is -3.39. The highest BCUT2D eigenvalue weighted by atomic mass is 35.5. The molecule has 0 radical (unpaired) electrons. The van der Waals surface area contributed by atoms with Gasteiger partial charge in [-0.15, -0.1) is 0 Å². The maximum atomic E-state index is 12.0. The van der Waals surface area contributed by atoms with Crippen molar-refractivity contribution in [3.05, 3.63) is 69.4 Å². The molecule has 0 atom stereocenters. The van der Waals surface area contributed by atoms with Gasteiger partial charge in [0.15, 0.2) is 6.61 Å². The second-order valence-corrected chi connectivity index (χ2v) is 5.60. The van der Waals surface area contributed by atoms with Gasteiger partial charge in [-0.1, -0.05) is 29.8 Å². The zero-order valence-electron chi connectivity index (χ0n) is 13.1. The topological polar surface area (TPSA) is 112 Å². The Bertz CT molecular complexity index is 980. The number of benzene rings is 2. The number of hydrogen-bond donors (Lipinski definition) is 1. The molecule has 3 rings (SSSR count). The van der Waals surface area contributed by atoms with E-state index >= 15 is 0 Å². The van der Waals surface area contributed by atoms with Crippen molar-refractivity contribution >= 4 is 45.8 Å². The van der Waals surface area contributed by atoms with Gasteiger partial charge in [-0.2, -0.15) is 0 Å². The Morgan fingerprint density at radius 2 is 1.96 bits per heavy atom. The number of furan rings is 1. The average molecular weight is 375 g/mol. The maximum absolute atomic E-state index is 12.0. The average Bonchev–Trinajstić information content (AvgIpc) is 3.05. The predicted octanol–water partition coefficient (Wildman–Crippen LogP) is 3.79. The number of halogens is 1. The molecule has 0 aliphatic rings. The number of ether oxygens (including phenoxy) is 1. The summed E-state index contributed by atoms with van der Waals surface area (Å²) in [4.78, 5) is 33.9. The molecule has 0 saturated carbocycles. The number of anilines is 1. The lowest BCUT2D eigenvalue weighted by molar-refractivity contribution is -0.384. The van der Waals surface area contributed by atoms with Crippen LogP contribution in [0.2, 0.25) is 5.02 Å². The third-order valence-electron chi connectivity index (χ3n) is 3.40. The number of esters is 1. The lowest BCUT2D eigenvalue weighted by Crippen LogP contribution is -2.20. The normalized spacial score (nSPS) is 10.5. The molecule has 0 aliphatic heterocycles. The number of amides is 1. The van der Waals surface area contributed by atoms with E-state index in [0.717, 1.165) is 11.5 Å². The van der Waals surface area contributed by atoms with Crippen LogP contribution in [0.3, 0.4) is 0 Å². The number of non-ortho nitro benzene ring substituents is 1. The number of nitro groups is 1. The number of nitrogens with one attached hydrogen (secondary N) is 1. The monoisotopic (exact) mass is 374 g/mol. The molecule has 0 saturated heterocycles. The number of rotatable bonds is 5. The Morgan fingerprint density at radius 1 is 1.19 bits per heavy atom. The van der Waals surface area contributed by atoms with E-state index in [9.17, 15) is 19.7 Å². The highest BCUT2D eigenvalue weighted by molar-refractivity contribution is 6.34. The van der Waals surface area contributed by atoms with Crippen LogP contribution in [-0.4, -0.2) is 23.4 Å². The maximum Gasteiger partial charge on any atom is 0.374 e. The number of hydrogen-bond acceptors (Lipinski definition) is 6. The minimum Gasteiger partial charge on any atom is -0.450 e. The smallest absolute Gasteiger partial charge is 0.374 e. The summed E-state index contributed by atoms with van der Waals surface area (Å²) < 4.78 is 10.2. The van der Waals surface area contributed by atoms with Crippen LogP contribution in [0.4, 0.5) is 11.4 Å². The van der Waals surface area contributed by atoms with Gasteiger partial charge in [0.1, 0.15) is 5.58 Å². The molecule has 2 aromatic carbocycles. The minimum atomic E-state index is -0.786. The molecular weight excluding hydrogens is 364 g/mol. The van der Waals surface area contributed by atoms with E-state index in [4.69, 9.17) is 20.8 Å². The highest BCUT2D eigenvalue weighted by Crippen LogP contribution is 2.26. The molecule has 26 heavy (non-hydrogen) atoms. The number of fused-ring (bicyclic) bond motifs is 1. The quantitative estimate of drug-likeness (QED) is 0.413. The van der Waals surface area contributed by atoms with Crippen molar-refractivity contribution in [1.82, 2.24) is 0 Å². The molecule has 8 nitrogen and oxygen atoms in total. The second-order valence-electron chi connectivity index (χ2n) is 5.19. The van der Waals surface area contributed by atoms with Crippen molar-refractivity contribution in [2.24, 2.45) is 0 Å². The van der Waals surface area contributed by atoms with E-state index in [1.54, 1.807) is 24.3 Å². The fraction of sp³-hybridized carbons (Fsp3) is 0.0588. The molecule has 1 aromatic heterocycles. The lowest BCUT2D eigenvalue weighted by atomic mass is 10.2. The second kappa shape index (κ2) is 7.24. The molecule has 0 aliphatic carbocycles. The first-order chi connectivity index (χ1) is 12.4.